The minimum absolute atomic E-state index is 0.0457. The van der Waals surface area contributed by atoms with Crippen molar-refractivity contribution < 1.29 is 28.2 Å². The minimum atomic E-state index is -3.56. The number of methoxy groups -OCH3 is 1. The monoisotopic (exact) mass is 446 g/mol. The summed E-state index contributed by atoms with van der Waals surface area (Å²) in [5, 5.41) is 2.33. The molecule has 3 heterocycles. The number of likely N-dealkylation sites (N-methyl/N-ethyl adjacent to an activating group) is 2. The van der Waals surface area contributed by atoms with Crippen molar-refractivity contribution in [3.05, 3.63) is 11.6 Å². The summed E-state index contributed by atoms with van der Waals surface area (Å²) in [5.41, 5.74) is 0.465. The number of amides is 2. The van der Waals surface area contributed by atoms with Crippen molar-refractivity contribution in [3.63, 3.8) is 0 Å². The van der Waals surface area contributed by atoms with E-state index in [1.807, 2.05) is 23.9 Å². The highest BCUT2D eigenvalue weighted by molar-refractivity contribution is 8.45. The molecule has 0 aromatic carbocycles. The summed E-state index contributed by atoms with van der Waals surface area (Å²) in [7, 11) is 5.26. The van der Waals surface area contributed by atoms with Crippen LogP contribution in [0.25, 0.3) is 0 Å². The van der Waals surface area contributed by atoms with Crippen molar-refractivity contribution in [2.75, 3.05) is 40.9 Å². The van der Waals surface area contributed by atoms with Gasteiger partial charge in [-0.05, 0) is 6.92 Å². The number of carbonyl (C=O) groups excluding carboxylic acids is 2. The lowest BCUT2D eigenvalue weighted by Crippen LogP contribution is -2.44. The van der Waals surface area contributed by atoms with E-state index in [0.717, 1.165) is 13.1 Å². The molecule has 10 nitrogen and oxygen atoms in total. The SMILES string of the molecule is CO[C@@H]1C[C@H](C2C=C(C)C(=O)NC2=O)O[C@@H]1COP(=O)(S)N=C1N(C)CCN1C. The van der Waals surface area contributed by atoms with E-state index in [9.17, 15) is 14.2 Å². The average Bonchev–Trinajstić information content (AvgIpc) is 3.21. The summed E-state index contributed by atoms with van der Waals surface area (Å²) in [5.74, 6) is -0.842. The van der Waals surface area contributed by atoms with Crippen LogP contribution in [0.4, 0.5) is 0 Å². The van der Waals surface area contributed by atoms with E-state index in [2.05, 4.69) is 22.3 Å². The molecule has 2 amide bonds. The van der Waals surface area contributed by atoms with Gasteiger partial charge in [0.1, 0.15) is 6.10 Å². The lowest BCUT2D eigenvalue weighted by Gasteiger charge is -2.24. The summed E-state index contributed by atoms with van der Waals surface area (Å²) in [6, 6.07) is 0. The van der Waals surface area contributed by atoms with Gasteiger partial charge in [0.2, 0.25) is 11.9 Å². The van der Waals surface area contributed by atoms with Gasteiger partial charge in [0.15, 0.2) is 0 Å². The molecule has 1 N–H and O–H groups in total. The van der Waals surface area contributed by atoms with Crippen LogP contribution in [-0.2, 0) is 28.2 Å². The molecule has 0 radical (unpaired) electrons. The third-order valence-corrected chi connectivity index (χ3v) is 6.87. The maximum Gasteiger partial charge on any atom is 0.372 e. The second-order valence-corrected chi connectivity index (χ2v) is 10.4. The smallest absolute Gasteiger partial charge is 0.372 e. The summed E-state index contributed by atoms with van der Waals surface area (Å²) in [4.78, 5) is 27.6. The zero-order chi connectivity index (χ0) is 21.3. The number of nitrogens with zero attached hydrogens (tertiary/aromatic N) is 3. The maximum absolute atomic E-state index is 12.7. The summed E-state index contributed by atoms with van der Waals surface area (Å²) in [6.07, 6.45) is 0.690. The Morgan fingerprint density at radius 2 is 2.00 bits per heavy atom. The summed E-state index contributed by atoms with van der Waals surface area (Å²) < 4.78 is 33.9. The standard InChI is InChI=1S/C17H27N4O6PS/c1-10-7-11(16(23)18-15(10)22)12-8-13(25-4)14(27-12)9-26-28(24,29)19-17-20(2)5-6-21(17)3/h7,11-14H,5-6,8-9H2,1-4H3,(H,24,29)(H,18,22,23)/t11?,12-,13-,14-,28?/m1/s1. The first kappa shape index (κ1) is 22.3. The maximum atomic E-state index is 12.7. The first-order valence-corrected chi connectivity index (χ1v) is 12.1. The van der Waals surface area contributed by atoms with Gasteiger partial charge in [0.05, 0.1) is 24.7 Å². The highest BCUT2D eigenvalue weighted by atomic mass is 32.7. The number of carbonyl (C=O) groups is 2. The van der Waals surface area contributed by atoms with Crippen molar-refractivity contribution in [2.45, 2.75) is 31.7 Å². The number of hydrogen-bond donors (Lipinski definition) is 2. The van der Waals surface area contributed by atoms with Crippen LogP contribution >= 0.6 is 19.0 Å². The molecule has 5 atom stereocenters. The molecule has 3 rings (SSSR count). The Hall–Kier alpha value is -1.39. The molecule has 0 aromatic heterocycles. The molecular formula is C17H27N4O6PS. The van der Waals surface area contributed by atoms with Gasteiger partial charge in [-0.3, -0.25) is 19.5 Å². The lowest BCUT2D eigenvalue weighted by molar-refractivity contribution is -0.134. The largest absolute Gasteiger partial charge is 0.379 e. The van der Waals surface area contributed by atoms with Gasteiger partial charge in [0.25, 0.3) is 5.91 Å². The van der Waals surface area contributed by atoms with Gasteiger partial charge < -0.3 is 23.8 Å². The number of thiol groups is 1. The van der Waals surface area contributed by atoms with Crippen LogP contribution in [0.5, 0.6) is 0 Å². The summed E-state index contributed by atoms with van der Waals surface area (Å²) >= 11 is 4.12. The summed E-state index contributed by atoms with van der Waals surface area (Å²) in [6.45, 7) is -0.404. The van der Waals surface area contributed by atoms with Gasteiger partial charge in [-0.25, -0.2) is 0 Å². The highest BCUT2D eigenvalue weighted by Gasteiger charge is 2.43. The van der Waals surface area contributed by atoms with Crippen LogP contribution in [-0.4, -0.2) is 86.8 Å². The fraction of sp³-hybridized carbons (Fsp3) is 0.706. The normalized spacial score (nSPS) is 32.3. The van der Waals surface area contributed by atoms with E-state index >= 15 is 0 Å². The molecule has 2 fully saturated rings. The number of nitrogens with one attached hydrogen (secondary N) is 1. The topological polar surface area (TPSA) is 110 Å². The highest BCUT2D eigenvalue weighted by Crippen LogP contribution is 2.54. The van der Waals surface area contributed by atoms with Gasteiger partial charge in [-0.1, -0.05) is 18.3 Å². The Bertz CT molecular complexity index is 778. The Balaban J connectivity index is 1.65. The molecular weight excluding hydrogens is 419 g/mol. The van der Waals surface area contributed by atoms with Gasteiger partial charge >= 0.3 is 6.72 Å². The third kappa shape index (κ3) is 5.03. The van der Waals surface area contributed by atoms with Crippen molar-refractivity contribution in [1.82, 2.24) is 15.1 Å². The van der Waals surface area contributed by atoms with Gasteiger partial charge in [-0.2, -0.15) is 4.76 Å². The molecule has 3 aliphatic heterocycles. The van der Waals surface area contributed by atoms with Crippen molar-refractivity contribution in [1.29, 1.82) is 0 Å². The Morgan fingerprint density at radius 1 is 1.34 bits per heavy atom. The number of hydrogen-bond acceptors (Lipinski definition) is 6. The van der Waals surface area contributed by atoms with Crippen LogP contribution < -0.4 is 5.32 Å². The molecule has 2 saturated heterocycles. The van der Waals surface area contributed by atoms with E-state index < -0.39 is 36.7 Å². The van der Waals surface area contributed by atoms with Crippen LogP contribution in [0.2, 0.25) is 0 Å². The molecule has 2 unspecified atom stereocenters. The number of guanidine groups is 1. The van der Waals surface area contributed by atoms with Crippen molar-refractivity contribution in [2.24, 2.45) is 10.7 Å². The van der Waals surface area contributed by atoms with E-state index in [-0.39, 0.29) is 12.7 Å². The van der Waals surface area contributed by atoms with Crippen LogP contribution in [0, 0.1) is 5.92 Å². The lowest BCUT2D eigenvalue weighted by atomic mass is 9.93. The molecule has 0 bridgehead atoms. The molecule has 3 aliphatic rings. The Kier molecular flexibility index (Phi) is 6.74. The predicted molar refractivity (Wildman–Crippen MR) is 110 cm³/mol. The van der Waals surface area contributed by atoms with Crippen molar-refractivity contribution >= 4 is 36.7 Å². The minimum Gasteiger partial charge on any atom is -0.379 e. The van der Waals surface area contributed by atoms with Crippen molar-refractivity contribution in [3.8, 4) is 0 Å². The molecule has 29 heavy (non-hydrogen) atoms. The fourth-order valence-corrected chi connectivity index (χ4v) is 4.99. The molecule has 12 heteroatoms. The first-order valence-electron chi connectivity index (χ1n) is 9.33. The Labute approximate surface area is 175 Å². The van der Waals surface area contributed by atoms with Crippen LogP contribution in [0.15, 0.2) is 16.4 Å². The molecule has 162 valence electrons. The Morgan fingerprint density at radius 3 is 2.62 bits per heavy atom. The van der Waals surface area contributed by atoms with E-state index in [1.54, 1.807) is 13.0 Å². The van der Waals surface area contributed by atoms with E-state index in [0.29, 0.717) is 18.0 Å². The molecule has 0 aliphatic carbocycles. The van der Waals surface area contributed by atoms with E-state index in [4.69, 9.17) is 14.0 Å². The van der Waals surface area contributed by atoms with Crippen LogP contribution in [0.1, 0.15) is 13.3 Å². The van der Waals surface area contributed by atoms with Gasteiger partial charge in [0, 0.05) is 46.3 Å². The second-order valence-electron chi connectivity index (χ2n) is 7.45. The fourth-order valence-electron chi connectivity index (χ4n) is 3.62. The molecule has 0 saturated carbocycles. The number of ether oxygens (including phenoxy) is 2. The van der Waals surface area contributed by atoms with Gasteiger partial charge in [-0.15, -0.1) is 0 Å². The quantitative estimate of drug-likeness (QED) is 0.348. The van der Waals surface area contributed by atoms with Crippen LogP contribution in [0.3, 0.4) is 0 Å². The predicted octanol–water partition coefficient (Wildman–Crippen LogP) is 0.666. The third-order valence-electron chi connectivity index (χ3n) is 5.34. The number of imide groups is 1. The number of rotatable bonds is 6. The second kappa shape index (κ2) is 8.77. The zero-order valence-electron chi connectivity index (χ0n) is 16.9. The first-order chi connectivity index (χ1) is 13.6. The van der Waals surface area contributed by atoms with E-state index in [1.165, 1.54) is 7.11 Å². The molecule has 0 aromatic rings. The zero-order valence-corrected chi connectivity index (χ0v) is 18.7. The molecule has 0 spiro atoms. The average molecular weight is 446 g/mol.